The smallest absolute Gasteiger partial charge is 0.258 e. The van der Waals surface area contributed by atoms with Gasteiger partial charge in [-0.1, -0.05) is 36.4 Å². The van der Waals surface area contributed by atoms with Gasteiger partial charge in [-0.05, 0) is 91.1 Å². The minimum atomic E-state index is -3.62. The molecule has 33 heavy (non-hydrogen) atoms. The van der Waals surface area contributed by atoms with Crippen molar-refractivity contribution in [3.8, 4) is 0 Å². The predicted octanol–water partition coefficient (Wildman–Crippen LogP) is 4.56. The van der Waals surface area contributed by atoms with Crippen LogP contribution in [0, 0.1) is 6.92 Å². The monoisotopic (exact) mass is 460 g/mol. The van der Waals surface area contributed by atoms with E-state index in [0.717, 1.165) is 53.6 Å². The first-order chi connectivity index (χ1) is 15.9. The molecule has 0 aromatic heterocycles. The number of aryl methyl sites for hydroxylation is 3. The van der Waals surface area contributed by atoms with E-state index in [2.05, 4.69) is 4.72 Å². The van der Waals surface area contributed by atoms with E-state index in [1.165, 1.54) is 12.0 Å². The molecule has 0 radical (unpaired) electrons. The van der Waals surface area contributed by atoms with E-state index >= 15 is 0 Å². The zero-order valence-corrected chi connectivity index (χ0v) is 19.6. The maximum Gasteiger partial charge on any atom is 0.258 e. The number of rotatable bonds is 5. The first-order valence-electron chi connectivity index (χ1n) is 11.5. The molecule has 0 atom stereocenters. The zero-order valence-electron chi connectivity index (χ0n) is 18.8. The number of nitrogens with one attached hydrogen (secondary N) is 1. The van der Waals surface area contributed by atoms with Crippen molar-refractivity contribution in [2.24, 2.45) is 0 Å². The topological polar surface area (TPSA) is 66.5 Å². The molecule has 1 aliphatic carbocycles. The molecule has 0 bridgehead atoms. The maximum atomic E-state index is 13.2. The van der Waals surface area contributed by atoms with Crippen LogP contribution in [0.3, 0.4) is 0 Å². The predicted molar refractivity (Wildman–Crippen MR) is 130 cm³/mol. The Kier molecular flexibility index (Phi) is 5.81. The van der Waals surface area contributed by atoms with Crippen LogP contribution >= 0.6 is 0 Å². The first kappa shape index (κ1) is 21.9. The summed E-state index contributed by atoms with van der Waals surface area (Å²) in [6.07, 6.45) is 5.04. The van der Waals surface area contributed by atoms with Gasteiger partial charge >= 0.3 is 0 Å². The molecular formula is C27H28N2O3S. The van der Waals surface area contributed by atoms with Gasteiger partial charge in [0.05, 0.1) is 4.90 Å². The van der Waals surface area contributed by atoms with Crippen LogP contribution in [0.5, 0.6) is 0 Å². The summed E-state index contributed by atoms with van der Waals surface area (Å²) in [6.45, 7) is 2.75. The highest BCUT2D eigenvalue weighted by Gasteiger charge is 2.27. The number of hydrogen-bond donors (Lipinski definition) is 1. The minimum absolute atomic E-state index is 0.0151. The fraction of sp³-hybridized carbons (Fsp3) is 0.296. The number of sulfonamides is 1. The van der Waals surface area contributed by atoms with Gasteiger partial charge in [-0.3, -0.25) is 4.79 Å². The summed E-state index contributed by atoms with van der Waals surface area (Å²) in [7, 11) is -3.62. The average molecular weight is 461 g/mol. The Bertz CT molecular complexity index is 1330. The molecule has 170 valence electrons. The molecule has 6 heteroatoms. The number of nitrogens with zero attached hydrogens (tertiary/aromatic N) is 1. The van der Waals surface area contributed by atoms with E-state index in [-0.39, 0.29) is 12.5 Å². The van der Waals surface area contributed by atoms with E-state index in [9.17, 15) is 13.2 Å². The van der Waals surface area contributed by atoms with E-state index in [1.54, 1.807) is 11.0 Å². The van der Waals surface area contributed by atoms with Crippen LogP contribution in [-0.4, -0.2) is 20.9 Å². The number of benzene rings is 3. The second-order valence-corrected chi connectivity index (χ2v) is 10.7. The van der Waals surface area contributed by atoms with Gasteiger partial charge < -0.3 is 4.90 Å². The molecule has 0 saturated carbocycles. The molecule has 5 rings (SSSR count). The Morgan fingerprint density at radius 3 is 2.48 bits per heavy atom. The summed E-state index contributed by atoms with van der Waals surface area (Å²) in [5, 5.41) is 0. The molecule has 0 unspecified atom stereocenters. The Hall–Kier alpha value is -2.96. The molecule has 0 fully saturated rings. The molecule has 5 nitrogen and oxygen atoms in total. The molecule has 1 aliphatic heterocycles. The zero-order chi connectivity index (χ0) is 23.0. The molecule has 1 heterocycles. The van der Waals surface area contributed by atoms with Crippen molar-refractivity contribution in [2.45, 2.75) is 50.5 Å². The average Bonchev–Trinajstić information content (AvgIpc) is 3.26. The lowest BCUT2D eigenvalue weighted by Crippen LogP contribution is -2.29. The number of anilines is 1. The van der Waals surface area contributed by atoms with Crippen LogP contribution in [0.4, 0.5) is 5.69 Å². The number of carbonyl (C=O) groups is 1. The van der Waals surface area contributed by atoms with Crippen LogP contribution in [0.1, 0.15) is 51.0 Å². The molecule has 3 aromatic carbocycles. The molecule has 0 spiro atoms. The number of carbonyl (C=O) groups excluding carboxylic acids is 1. The van der Waals surface area contributed by atoms with Crippen LogP contribution in [0.15, 0.2) is 65.6 Å². The third kappa shape index (κ3) is 4.33. The second-order valence-electron chi connectivity index (χ2n) is 8.95. The highest BCUT2D eigenvalue weighted by molar-refractivity contribution is 7.89. The van der Waals surface area contributed by atoms with Gasteiger partial charge in [-0.25, -0.2) is 13.1 Å². The first-order valence-corrected chi connectivity index (χ1v) is 13.0. The summed E-state index contributed by atoms with van der Waals surface area (Å²) < 4.78 is 28.6. The quantitative estimate of drug-likeness (QED) is 0.607. The van der Waals surface area contributed by atoms with Crippen molar-refractivity contribution in [1.82, 2.24) is 4.72 Å². The van der Waals surface area contributed by atoms with Crippen molar-refractivity contribution >= 4 is 21.6 Å². The standard InChI is InChI=1S/C27H28N2O3S/c1-19-6-2-5-9-25(19)27(30)29-15-14-22-11-10-20(16-26(22)29)18-28-33(31,32)24-13-12-21-7-3-4-8-23(21)17-24/h2,5-6,9-13,16-17,28H,3-4,7-8,14-15,18H2,1H3. The lowest BCUT2D eigenvalue weighted by atomic mass is 9.92. The summed E-state index contributed by atoms with van der Waals surface area (Å²) in [6, 6.07) is 19.0. The Labute approximate surface area is 195 Å². The number of fused-ring (bicyclic) bond motifs is 2. The summed E-state index contributed by atoms with van der Waals surface area (Å²) in [5.41, 5.74) is 6.87. The van der Waals surface area contributed by atoms with Crippen molar-refractivity contribution in [2.75, 3.05) is 11.4 Å². The molecule has 1 amide bonds. The lowest BCUT2D eigenvalue weighted by Gasteiger charge is -2.19. The van der Waals surface area contributed by atoms with Gasteiger partial charge in [0.15, 0.2) is 0 Å². The van der Waals surface area contributed by atoms with Gasteiger partial charge in [0.25, 0.3) is 5.91 Å². The fourth-order valence-corrected chi connectivity index (χ4v) is 5.91. The minimum Gasteiger partial charge on any atom is -0.308 e. The second kappa shape index (κ2) is 8.76. The Balaban J connectivity index is 1.34. The van der Waals surface area contributed by atoms with Crippen molar-refractivity contribution < 1.29 is 13.2 Å². The Morgan fingerprint density at radius 1 is 0.909 bits per heavy atom. The highest BCUT2D eigenvalue weighted by atomic mass is 32.2. The van der Waals surface area contributed by atoms with Crippen molar-refractivity contribution in [3.05, 3.63) is 94.0 Å². The van der Waals surface area contributed by atoms with Gasteiger partial charge in [0.2, 0.25) is 10.0 Å². The van der Waals surface area contributed by atoms with E-state index in [0.29, 0.717) is 17.0 Å². The van der Waals surface area contributed by atoms with Crippen LogP contribution in [0.25, 0.3) is 0 Å². The van der Waals surface area contributed by atoms with Gasteiger partial charge in [0, 0.05) is 24.3 Å². The molecular weight excluding hydrogens is 432 g/mol. The van der Waals surface area contributed by atoms with Crippen molar-refractivity contribution in [1.29, 1.82) is 0 Å². The van der Waals surface area contributed by atoms with Gasteiger partial charge in [-0.15, -0.1) is 0 Å². The normalized spacial score (nSPS) is 15.2. The number of amides is 1. The van der Waals surface area contributed by atoms with Crippen LogP contribution < -0.4 is 9.62 Å². The molecule has 2 aliphatic rings. The summed E-state index contributed by atoms with van der Waals surface area (Å²) >= 11 is 0. The Morgan fingerprint density at radius 2 is 1.67 bits per heavy atom. The van der Waals surface area contributed by atoms with E-state index < -0.39 is 10.0 Å². The SMILES string of the molecule is Cc1ccccc1C(=O)N1CCc2ccc(CNS(=O)(=O)c3ccc4c(c3)CCCC4)cc21. The summed E-state index contributed by atoms with van der Waals surface area (Å²) in [4.78, 5) is 15.3. The molecule has 0 saturated heterocycles. The maximum absolute atomic E-state index is 13.2. The number of hydrogen-bond acceptors (Lipinski definition) is 3. The summed E-state index contributed by atoms with van der Waals surface area (Å²) in [5.74, 6) is -0.0151. The van der Waals surface area contributed by atoms with E-state index in [1.807, 2.05) is 61.5 Å². The van der Waals surface area contributed by atoms with Gasteiger partial charge in [-0.2, -0.15) is 0 Å². The molecule has 1 N–H and O–H groups in total. The van der Waals surface area contributed by atoms with Crippen LogP contribution in [-0.2, 0) is 35.8 Å². The van der Waals surface area contributed by atoms with E-state index in [4.69, 9.17) is 0 Å². The van der Waals surface area contributed by atoms with Crippen molar-refractivity contribution in [3.63, 3.8) is 0 Å². The lowest BCUT2D eigenvalue weighted by molar-refractivity contribution is 0.0989. The molecule has 3 aromatic rings. The highest BCUT2D eigenvalue weighted by Crippen LogP contribution is 2.31. The third-order valence-electron chi connectivity index (χ3n) is 6.76. The van der Waals surface area contributed by atoms with Gasteiger partial charge in [0.1, 0.15) is 0 Å². The fourth-order valence-electron chi connectivity index (χ4n) is 4.84. The van der Waals surface area contributed by atoms with Crippen LogP contribution in [0.2, 0.25) is 0 Å². The third-order valence-corrected chi connectivity index (χ3v) is 8.16. The largest absolute Gasteiger partial charge is 0.308 e.